The van der Waals surface area contributed by atoms with Gasteiger partial charge in [-0.05, 0) is 62.1 Å². The van der Waals surface area contributed by atoms with Gasteiger partial charge in [0, 0.05) is 24.8 Å². The second kappa shape index (κ2) is 8.32. The number of rotatable bonds is 6. The zero-order chi connectivity index (χ0) is 18.5. The van der Waals surface area contributed by atoms with Crippen LogP contribution in [0.15, 0.2) is 36.5 Å². The molecule has 3 rings (SSSR count). The zero-order valence-corrected chi connectivity index (χ0v) is 15.6. The molecule has 1 aromatic heterocycles. The molecule has 26 heavy (non-hydrogen) atoms. The van der Waals surface area contributed by atoms with E-state index < -0.39 is 5.91 Å². The van der Waals surface area contributed by atoms with Crippen LogP contribution >= 0.6 is 0 Å². The van der Waals surface area contributed by atoms with E-state index in [9.17, 15) is 4.79 Å². The van der Waals surface area contributed by atoms with Gasteiger partial charge in [0.25, 0.3) is 0 Å². The average molecular weight is 353 g/mol. The molecule has 0 saturated heterocycles. The zero-order valence-electron chi connectivity index (χ0n) is 15.6. The van der Waals surface area contributed by atoms with Gasteiger partial charge in [0.05, 0.1) is 5.56 Å². The molecule has 0 spiro atoms. The highest BCUT2D eigenvalue weighted by Crippen LogP contribution is 2.27. The molecule has 0 aliphatic carbocycles. The molecule has 5 heteroatoms. The number of hydrogen-bond acceptors (Lipinski definition) is 4. The summed E-state index contributed by atoms with van der Waals surface area (Å²) in [5.74, 6) is 0.746. The van der Waals surface area contributed by atoms with Gasteiger partial charge in [-0.15, -0.1) is 0 Å². The van der Waals surface area contributed by atoms with E-state index >= 15 is 0 Å². The van der Waals surface area contributed by atoms with E-state index in [-0.39, 0.29) is 0 Å². The molecule has 2 aromatic rings. The molecule has 0 radical (unpaired) electrons. The van der Waals surface area contributed by atoms with Crippen LogP contribution in [0.25, 0.3) is 0 Å². The van der Waals surface area contributed by atoms with Crippen molar-refractivity contribution >= 4 is 5.91 Å². The van der Waals surface area contributed by atoms with Gasteiger partial charge >= 0.3 is 0 Å². The molecule has 1 unspecified atom stereocenters. The van der Waals surface area contributed by atoms with Crippen LogP contribution in [0.2, 0.25) is 0 Å². The Bertz CT molecular complexity index is 758. The fourth-order valence-electron chi connectivity index (χ4n) is 3.51. The molecule has 1 amide bonds. The molecular formula is C21H27N3O2. The predicted molar refractivity (Wildman–Crippen MR) is 102 cm³/mol. The normalized spacial score (nSPS) is 15.8. The Morgan fingerprint density at radius 2 is 2.15 bits per heavy atom. The van der Waals surface area contributed by atoms with Gasteiger partial charge in [-0.25, -0.2) is 4.98 Å². The van der Waals surface area contributed by atoms with Crippen molar-refractivity contribution in [2.24, 2.45) is 5.73 Å². The number of primary amides is 1. The fraction of sp³-hybridized carbons (Fsp3) is 0.429. The van der Waals surface area contributed by atoms with E-state index in [4.69, 9.17) is 10.5 Å². The van der Waals surface area contributed by atoms with Crippen LogP contribution in [0.3, 0.4) is 0 Å². The average Bonchev–Trinajstić information content (AvgIpc) is 2.84. The highest BCUT2D eigenvalue weighted by atomic mass is 16.5. The van der Waals surface area contributed by atoms with Gasteiger partial charge in [0.1, 0.15) is 5.75 Å². The number of pyridine rings is 1. The Hall–Kier alpha value is -2.40. The number of ether oxygens (including phenoxy) is 1. The predicted octanol–water partition coefficient (Wildman–Crippen LogP) is 3.91. The molecule has 1 aliphatic rings. The van der Waals surface area contributed by atoms with Crippen LogP contribution < -0.4 is 10.5 Å². The number of amides is 1. The lowest BCUT2D eigenvalue weighted by atomic mass is 10.0. The Morgan fingerprint density at radius 3 is 2.85 bits per heavy atom. The summed E-state index contributed by atoms with van der Waals surface area (Å²) in [6.45, 7) is 6.72. The number of fused-ring (bicyclic) bond motifs is 1. The van der Waals surface area contributed by atoms with Crippen LogP contribution in [-0.4, -0.2) is 28.4 Å². The van der Waals surface area contributed by atoms with Gasteiger partial charge in [0.2, 0.25) is 11.8 Å². The molecule has 0 saturated carbocycles. The smallest absolute Gasteiger partial charge is 0.250 e. The molecule has 5 nitrogen and oxygen atoms in total. The number of benzene rings is 1. The van der Waals surface area contributed by atoms with E-state index in [0.29, 0.717) is 17.5 Å². The number of nitrogens with two attached hydrogens (primary N) is 1. The third kappa shape index (κ3) is 4.41. The maximum absolute atomic E-state index is 11.1. The van der Waals surface area contributed by atoms with E-state index in [1.54, 1.807) is 12.1 Å². The minimum atomic E-state index is -0.490. The van der Waals surface area contributed by atoms with Gasteiger partial charge in [-0.1, -0.05) is 19.4 Å². The van der Waals surface area contributed by atoms with Gasteiger partial charge < -0.3 is 10.5 Å². The minimum Gasteiger partial charge on any atom is -0.439 e. The summed E-state index contributed by atoms with van der Waals surface area (Å²) < 4.78 is 5.86. The quantitative estimate of drug-likeness (QED) is 0.855. The van der Waals surface area contributed by atoms with Crippen LogP contribution in [0.5, 0.6) is 11.6 Å². The number of nitrogens with zero attached hydrogens (tertiary/aromatic N) is 2. The molecule has 2 N–H and O–H groups in total. The first-order valence-corrected chi connectivity index (χ1v) is 9.36. The molecule has 138 valence electrons. The van der Waals surface area contributed by atoms with E-state index in [0.717, 1.165) is 31.7 Å². The van der Waals surface area contributed by atoms with Crippen molar-refractivity contribution in [1.82, 2.24) is 9.88 Å². The van der Waals surface area contributed by atoms with Crippen LogP contribution in [-0.2, 0) is 13.0 Å². The fourth-order valence-corrected chi connectivity index (χ4v) is 3.51. The highest BCUT2D eigenvalue weighted by Gasteiger charge is 2.19. The van der Waals surface area contributed by atoms with Gasteiger partial charge in [0.15, 0.2) is 0 Å². The molecule has 1 aromatic carbocycles. The molecule has 0 fully saturated rings. The van der Waals surface area contributed by atoms with Crippen molar-refractivity contribution in [2.75, 3.05) is 6.54 Å². The summed E-state index contributed by atoms with van der Waals surface area (Å²) in [5.41, 5.74) is 8.34. The summed E-state index contributed by atoms with van der Waals surface area (Å²) >= 11 is 0. The van der Waals surface area contributed by atoms with Crippen LogP contribution in [0.1, 0.15) is 54.6 Å². The first-order chi connectivity index (χ1) is 12.6. The number of hydrogen-bond donors (Lipinski definition) is 1. The maximum atomic E-state index is 11.1. The van der Waals surface area contributed by atoms with Crippen molar-refractivity contribution in [1.29, 1.82) is 0 Å². The summed E-state index contributed by atoms with van der Waals surface area (Å²) in [6, 6.07) is 10.2. The van der Waals surface area contributed by atoms with Crippen molar-refractivity contribution in [3.05, 3.63) is 53.2 Å². The van der Waals surface area contributed by atoms with Crippen molar-refractivity contribution in [3.8, 4) is 11.6 Å². The highest BCUT2D eigenvalue weighted by molar-refractivity contribution is 5.92. The summed E-state index contributed by atoms with van der Waals surface area (Å²) in [5, 5.41) is 0. The number of aryl methyl sites for hydroxylation is 1. The minimum absolute atomic E-state index is 0.376. The molecule has 1 atom stereocenters. The first-order valence-electron chi connectivity index (χ1n) is 9.36. The van der Waals surface area contributed by atoms with Crippen LogP contribution in [0, 0.1) is 0 Å². The molecular weight excluding hydrogens is 326 g/mol. The standard InChI is InChI=1S/C21H27N3O2/c1-3-5-15(2)24-11-4-6-16-12-19(9-7-18(16)14-24)26-20-10-8-17(13-23-20)21(22)25/h7-10,12-13,15H,3-6,11,14H2,1-2H3,(H2,22,25). The van der Waals surface area contributed by atoms with E-state index in [1.807, 2.05) is 6.07 Å². The number of carbonyl (C=O) groups is 1. The van der Waals surface area contributed by atoms with Gasteiger partial charge in [-0.3, -0.25) is 9.69 Å². The lowest BCUT2D eigenvalue weighted by molar-refractivity contribution is 0.1000. The summed E-state index contributed by atoms with van der Waals surface area (Å²) in [7, 11) is 0. The second-order valence-electron chi connectivity index (χ2n) is 6.99. The van der Waals surface area contributed by atoms with Crippen LogP contribution in [0.4, 0.5) is 0 Å². The monoisotopic (exact) mass is 353 g/mol. The topological polar surface area (TPSA) is 68.5 Å². The summed E-state index contributed by atoms with van der Waals surface area (Å²) in [6.07, 6.45) is 6.13. The largest absolute Gasteiger partial charge is 0.439 e. The third-order valence-electron chi connectivity index (χ3n) is 5.02. The Morgan fingerprint density at radius 1 is 1.31 bits per heavy atom. The van der Waals surface area contributed by atoms with Crippen molar-refractivity contribution in [3.63, 3.8) is 0 Å². The van der Waals surface area contributed by atoms with Crippen molar-refractivity contribution in [2.45, 2.75) is 52.1 Å². The molecule has 0 bridgehead atoms. The Balaban J connectivity index is 1.72. The maximum Gasteiger partial charge on any atom is 0.250 e. The lowest BCUT2D eigenvalue weighted by Crippen LogP contribution is -2.32. The van der Waals surface area contributed by atoms with E-state index in [1.165, 1.54) is 30.2 Å². The SMILES string of the molecule is CCCC(C)N1CCCc2cc(Oc3ccc(C(N)=O)cn3)ccc2C1. The van der Waals surface area contributed by atoms with E-state index in [2.05, 4.69) is 35.9 Å². The number of aromatic nitrogens is 1. The second-order valence-corrected chi connectivity index (χ2v) is 6.99. The van der Waals surface area contributed by atoms with Crippen molar-refractivity contribution < 1.29 is 9.53 Å². The first kappa shape index (κ1) is 18.4. The lowest BCUT2D eigenvalue weighted by Gasteiger charge is -2.27. The van der Waals surface area contributed by atoms with Gasteiger partial charge in [-0.2, -0.15) is 0 Å². The number of carbonyl (C=O) groups excluding carboxylic acids is 1. The Labute approximate surface area is 155 Å². The molecule has 1 aliphatic heterocycles. The summed E-state index contributed by atoms with van der Waals surface area (Å²) in [4.78, 5) is 17.8. The third-order valence-corrected chi connectivity index (χ3v) is 5.02. The Kier molecular flexibility index (Phi) is 5.89. The molecule has 2 heterocycles.